The maximum atomic E-state index is 14.1. The Morgan fingerprint density at radius 3 is 2.64 bits per heavy atom. The molecule has 0 saturated heterocycles. The summed E-state index contributed by atoms with van der Waals surface area (Å²) in [4.78, 5) is 40.8. The van der Waals surface area contributed by atoms with Gasteiger partial charge in [-0.25, -0.2) is 0 Å². The number of furan rings is 1. The number of hydrogen-bond acceptors (Lipinski definition) is 10. The van der Waals surface area contributed by atoms with Crippen LogP contribution in [0.4, 0.5) is 0 Å². The van der Waals surface area contributed by atoms with Crippen molar-refractivity contribution >= 4 is 29.1 Å². The Morgan fingerprint density at radius 2 is 1.93 bits per heavy atom. The number of carbonyl (C=O) groups is 3. The van der Waals surface area contributed by atoms with Crippen LogP contribution in [-0.2, 0) is 9.53 Å². The number of carbonyl (C=O) groups excluding carboxylic acids is 3. The van der Waals surface area contributed by atoms with Gasteiger partial charge in [0, 0.05) is 48.4 Å². The normalized spacial score (nSPS) is 20.2. The Labute approximate surface area is 254 Å². The van der Waals surface area contributed by atoms with E-state index in [4.69, 9.17) is 23.4 Å². The van der Waals surface area contributed by atoms with Crippen LogP contribution in [0.15, 0.2) is 52.5 Å². The molecule has 4 atom stereocenters. The number of hydrogen-bond donors (Lipinski definition) is 3. The molecule has 3 aromatic rings. The number of aldehydes is 1. The van der Waals surface area contributed by atoms with Gasteiger partial charge in [0.25, 0.3) is 5.91 Å². The Balaban J connectivity index is 1.59. The van der Waals surface area contributed by atoms with Crippen molar-refractivity contribution in [2.24, 2.45) is 0 Å². The van der Waals surface area contributed by atoms with Crippen molar-refractivity contribution in [2.75, 3.05) is 47.1 Å². The minimum Gasteiger partial charge on any atom is -0.493 e. The Bertz CT molecular complexity index is 1560. The third-order valence-electron chi connectivity index (χ3n) is 7.86. The minimum atomic E-state index is -1.29. The van der Waals surface area contributed by atoms with Crippen LogP contribution < -0.4 is 19.5 Å². The third kappa shape index (κ3) is 5.75. The molecule has 2 aliphatic rings. The zero-order valence-corrected chi connectivity index (χ0v) is 24.8. The highest BCUT2D eigenvalue weighted by atomic mass is 16.5. The number of ether oxygens (including phenoxy) is 4. The summed E-state index contributed by atoms with van der Waals surface area (Å²) in [7, 11) is 2.94. The number of benzene rings is 2. The maximum absolute atomic E-state index is 14.1. The van der Waals surface area contributed by atoms with E-state index in [1.807, 2.05) is 6.92 Å². The van der Waals surface area contributed by atoms with E-state index in [-0.39, 0.29) is 36.8 Å². The van der Waals surface area contributed by atoms with Crippen LogP contribution in [0, 0.1) is 0 Å². The first-order valence-electron chi connectivity index (χ1n) is 14.4. The molecule has 2 heterocycles. The van der Waals surface area contributed by atoms with Crippen LogP contribution in [0.25, 0.3) is 11.0 Å². The van der Waals surface area contributed by atoms with E-state index in [1.54, 1.807) is 36.4 Å². The lowest BCUT2D eigenvalue weighted by molar-refractivity contribution is -0.118. The zero-order chi connectivity index (χ0) is 31.4. The fourth-order valence-corrected chi connectivity index (χ4v) is 5.87. The van der Waals surface area contributed by atoms with Crippen LogP contribution in [0.5, 0.6) is 17.2 Å². The predicted octanol–water partition coefficient (Wildman–Crippen LogP) is 2.45. The van der Waals surface area contributed by atoms with Crippen molar-refractivity contribution in [2.45, 2.75) is 37.5 Å². The summed E-state index contributed by atoms with van der Waals surface area (Å²) in [6, 6.07) is 9.02. The summed E-state index contributed by atoms with van der Waals surface area (Å²) in [6.45, 7) is 2.61. The topological polar surface area (TPSA) is 157 Å². The molecule has 0 spiro atoms. The number of amides is 2. The summed E-state index contributed by atoms with van der Waals surface area (Å²) in [5.41, 5.74) is 1.43. The molecular formula is C32H36N2O10. The molecule has 1 aromatic heterocycles. The van der Waals surface area contributed by atoms with Crippen molar-refractivity contribution in [1.82, 2.24) is 10.2 Å². The second kappa shape index (κ2) is 13.5. The lowest BCUT2D eigenvalue weighted by atomic mass is 9.77. The van der Waals surface area contributed by atoms with Gasteiger partial charge in [0.2, 0.25) is 5.91 Å². The van der Waals surface area contributed by atoms with Gasteiger partial charge < -0.3 is 43.8 Å². The van der Waals surface area contributed by atoms with Gasteiger partial charge in [-0.2, -0.15) is 0 Å². The number of fused-ring (bicyclic) bond motifs is 4. The van der Waals surface area contributed by atoms with Crippen molar-refractivity contribution in [1.29, 1.82) is 0 Å². The molecular weight excluding hydrogens is 572 g/mol. The Morgan fingerprint density at radius 1 is 1.14 bits per heavy atom. The van der Waals surface area contributed by atoms with Crippen molar-refractivity contribution in [3.05, 3.63) is 64.9 Å². The lowest BCUT2D eigenvalue weighted by Crippen LogP contribution is -2.56. The Hall–Kier alpha value is -4.39. The molecule has 5 rings (SSSR count). The lowest BCUT2D eigenvalue weighted by Gasteiger charge is -2.40. The molecule has 1 aliphatic carbocycles. The van der Waals surface area contributed by atoms with Crippen LogP contribution in [0.3, 0.4) is 0 Å². The molecule has 3 N–H and O–H groups in total. The van der Waals surface area contributed by atoms with E-state index in [0.29, 0.717) is 59.5 Å². The zero-order valence-electron chi connectivity index (χ0n) is 24.8. The van der Waals surface area contributed by atoms with Crippen molar-refractivity contribution in [3.63, 3.8) is 0 Å². The molecule has 12 heteroatoms. The number of methoxy groups -OCH3 is 2. The first-order valence-corrected chi connectivity index (χ1v) is 14.4. The SMILES string of the molecule is CCOCCCN(C(=O)c1cc2cccc(OC)c2o1)[C@@H]1C=C(C(=O)NCCO)[C@@H]2c3cc(C=O)cc(OC)c3O[C@@H]2[C@H]1O. The monoisotopic (exact) mass is 608 g/mol. The highest BCUT2D eigenvalue weighted by Crippen LogP contribution is 2.51. The summed E-state index contributed by atoms with van der Waals surface area (Å²) in [5.74, 6) is -0.722. The van der Waals surface area contributed by atoms with Gasteiger partial charge in [0.1, 0.15) is 18.5 Å². The van der Waals surface area contributed by atoms with E-state index >= 15 is 0 Å². The van der Waals surface area contributed by atoms with Crippen LogP contribution >= 0.6 is 0 Å². The first-order chi connectivity index (χ1) is 21.4. The molecule has 0 radical (unpaired) electrons. The second-order valence-corrected chi connectivity index (χ2v) is 10.4. The average Bonchev–Trinajstić information content (AvgIpc) is 3.66. The number of para-hydroxylation sites is 1. The summed E-state index contributed by atoms with van der Waals surface area (Å²) < 4.78 is 28.6. The smallest absolute Gasteiger partial charge is 0.290 e. The van der Waals surface area contributed by atoms with Gasteiger partial charge in [0.05, 0.1) is 32.8 Å². The van der Waals surface area contributed by atoms with Gasteiger partial charge >= 0.3 is 0 Å². The number of nitrogens with zero attached hydrogens (tertiary/aromatic N) is 1. The van der Waals surface area contributed by atoms with E-state index < -0.39 is 36.0 Å². The third-order valence-corrected chi connectivity index (χ3v) is 7.86. The van der Waals surface area contributed by atoms with Crippen molar-refractivity contribution < 1.29 is 48.0 Å². The fourth-order valence-electron chi connectivity index (χ4n) is 5.87. The fraction of sp³-hybridized carbons (Fsp3) is 0.406. The molecule has 0 saturated carbocycles. The number of aliphatic hydroxyl groups excluding tert-OH is 2. The van der Waals surface area contributed by atoms with Crippen molar-refractivity contribution in [3.8, 4) is 17.2 Å². The molecule has 2 aromatic carbocycles. The molecule has 0 bridgehead atoms. The van der Waals surface area contributed by atoms with Crippen LogP contribution in [0.2, 0.25) is 0 Å². The summed E-state index contributed by atoms with van der Waals surface area (Å²) in [5, 5.41) is 24.6. The number of rotatable bonds is 13. The van der Waals surface area contributed by atoms with Gasteiger partial charge in [-0.15, -0.1) is 0 Å². The van der Waals surface area contributed by atoms with E-state index in [9.17, 15) is 24.6 Å². The quantitative estimate of drug-likeness (QED) is 0.195. The largest absolute Gasteiger partial charge is 0.493 e. The van der Waals surface area contributed by atoms with E-state index in [2.05, 4.69) is 5.32 Å². The summed E-state index contributed by atoms with van der Waals surface area (Å²) in [6.07, 6.45) is 0.371. The number of nitrogens with one attached hydrogen (secondary N) is 1. The molecule has 2 amide bonds. The average molecular weight is 609 g/mol. The molecule has 1 aliphatic heterocycles. The molecule has 12 nitrogen and oxygen atoms in total. The molecule has 0 unspecified atom stereocenters. The highest BCUT2D eigenvalue weighted by Gasteiger charge is 2.51. The highest BCUT2D eigenvalue weighted by molar-refractivity contribution is 5.99. The standard InChI is InChI=1S/C32H36N2O10/c1-4-42-12-6-10-34(32(39)25-15-19-7-5-8-23(40-2)28(19)43-25)22-16-21(31(38)33-9-11-35)26-20-13-18(17-36)14-24(41-3)29(20)44-30(26)27(22)37/h5,7-8,13-17,22,26-27,30,35,37H,4,6,9-12H2,1-3H3,(H,33,38)/t22-,26+,27+,30+/m1/s1. The van der Waals surface area contributed by atoms with E-state index in [1.165, 1.54) is 25.2 Å². The van der Waals surface area contributed by atoms with Crippen LogP contribution in [-0.4, -0.2) is 98.6 Å². The van der Waals surface area contributed by atoms with E-state index in [0.717, 1.165) is 0 Å². The van der Waals surface area contributed by atoms with Gasteiger partial charge in [-0.3, -0.25) is 14.4 Å². The second-order valence-electron chi connectivity index (χ2n) is 10.4. The summed E-state index contributed by atoms with van der Waals surface area (Å²) >= 11 is 0. The Kier molecular flexibility index (Phi) is 9.52. The van der Waals surface area contributed by atoms with Gasteiger partial charge in [-0.05, 0) is 43.7 Å². The molecule has 234 valence electrons. The molecule has 44 heavy (non-hydrogen) atoms. The van der Waals surface area contributed by atoms with Crippen LogP contribution in [0.1, 0.15) is 45.7 Å². The van der Waals surface area contributed by atoms with Gasteiger partial charge in [0.15, 0.2) is 28.6 Å². The number of aliphatic hydroxyl groups is 2. The first kappa shape index (κ1) is 31.0. The minimum absolute atomic E-state index is 0.00991. The molecule has 0 fully saturated rings. The van der Waals surface area contributed by atoms with Gasteiger partial charge in [-0.1, -0.05) is 12.1 Å². The predicted molar refractivity (Wildman–Crippen MR) is 158 cm³/mol. The maximum Gasteiger partial charge on any atom is 0.290 e.